The SMILES string of the molecule is NC(=O)NN=Cc1c(O)cc(F)cc1Br. The Kier molecular flexibility index (Phi) is 3.62. The van der Waals surface area contributed by atoms with Crippen molar-refractivity contribution in [3.05, 3.63) is 28.0 Å². The van der Waals surface area contributed by atoms with Crippen molar-refractivity contribution < 1.29 is 14.3 Å². The van der Waals surface area contributed by atoms with E-state index in [-0.39, 0.29) is 11.3 Å². The minimum atomic E-state index is -0.830. The van der Waals surface area contributed by atoms with Crippen molar-refractivity contribution in [2.45, 2.75) is 0 Å². The van der Waals surface area contributed by atoms with E-state index in [0.29, 0.717) is 4.47 Å². The van der Waals surface area contributed by atoms with Crippen LogP contribution in [-0.4, -0.2) is 17.4 Å². The summed E-state index contributed by atoms with van der Waals surface area (Å²) in [5.41, 5.74) is 6.95. The van der Waals surface area contributed by atoms with Crippen LogP contribution in [0, 0.1) is 5.82 Å². The molecule has 0 radical (unpaired) electrons. The van der Waals surface area contributed by atoms with Gasteiger partial charge in [-0.15, -0.1) is 0 Å². The number of phenolic OH excluding ortho intramolecular Hbond substituents is 1. The summed E-state index contributed by atoms with van der Waals surface area (Å²) in [5, 5.41) is 12.8. The minimum absolute atomic E-state index is 0.241. The van der Waals surface area contributed by atoms with Gasteiger partial charge in [0.2, 0.25) is 0 Å². The quantitative estimate of drug-likeness (QED) is 0.561. The molecule has 80 valence electrons. The second-order valence-electron chi connectivity index (χ2n) is 2.55. The molecule has 4 N–H and O–H groups in total. The van der Waals surface area contributed by atoms with Crippen LogP contribution in [0.15, 0.2) is 21.7 Å². The Bertz CT molecular complexity index is 399. The predicted molar refractivity (Wildman–Crippen MR) is 56.1 cm³/mol. The highest BCUT2D eigenvalue weighted by molar-refractivity contribution is 9.10. The van der Waals surface area contributed by atoms with E-state index in [2.05, 4.69) is 21.0 Å². The molecule has 0 saturated heterocycles. The molecule has 1 aromatic rings. The number of hydrazone groups is 1. The number of halogens is 2. The van der Waals surface area contributed by atoms with E-state index in [1.54, 1.807) is 0 Å². The molecule has 5 nitrogen and oxygen atoms in total. The number of hydrogen-bond donors (Lipinski definition) is 3. The maximum atomic E-state index is 12.7. The molecule has 0 fully saturated rings. The summed E-state index contributed by atoms with van der Waals surface area (Å²) >= 11 is 3.03. The second-order valence-corrected chi connectivity index (χ2v) is 3.41. The molecule has 0 aliphatic heterocycles. The lowest BCUT2D eigenvalue weighted by atomic mass is 10.2. The number of carbonyl (C=O) groups excluding carboxylic acids is 1. The van der Waals surface area contributed by atoms with Crippen molar-refractivity contribution in [3.63, 3.8) is 0 Å². The summed E-state index contributed by atoms with van der Waals surface area (Å²) < 4.78 is 13.0. The molecular weight excluding hydrogens is 269 g/mol. The lowest BCUT2D eigenvalue weighted by Crippen LogP contribution is -2.24. The highest BCUT2D eigenvalue weighted by atomic mass is 79.9. The van der Waals surface area contributed by atoms with Gasteiger partial charge < -0.3 is 10.8 Å². The van der Waals surface area contributed by atoms with Crippen LogP contribution in [-0.2, 0) is 0 Å². The summed E-state index contributed by atoms with van der Waals surface area (Å²) in [6.45, 7) is 0. The van der Waals surface area contributed by atoms with E-state index in [1.165, 1.54) is 0 Å². The summed E-state index contributed by atoms with van der Waals surface area (Å²) in [6, 6.07) is 1.26. The Labute approximate surface area is 92.9 Å². The van der Waals surface area contributed by atoms with Crippen molar-refractivity contribution in [3.8, 4) is 5.75 Å². The number of nitrogens with two attached hydrogens (primary N) is 1. The van der Waals surface area contributed by atoms with Crippen LogP contribution < -0.4 is 11.2 Å². The maximum Gasteiger partial charge on any atom is 0.332 e. The van der Waals surface area contributed by atoms with Crippen molar-refractivity contribution in [1.82, 2.24) is 5.43 Å². The molecule has 0 unspecified atom stereocenters. The number of primary amides is 1. The van der Waals surface area contributed by atoms with Gasteiger partial charge in [0.25, 0.3) is 0 Å². The molecule has 0 aliphatic carbocycles. The minimum Gasteiger partial charge on any atom is -0.507 e. The first-order chi connectivity index (χ1) is 7.00. The van der Waals surface area contributed by atoms with Gasteiger partial charge in [0, 0.05) is 10.5 Å². The third-order valence-corrected chi connectivity index (χ3v) is 2.10. The van der Waals surface area contributed by atoms with Gasteiger partial charge in [-0.05, 0) is 22.0 Å². The van der Waals surface area contributed by atoms with Gasteiger partial charge in [-0.1, -0.05) is 0 Å². The third kappa shape index (κ3) is 3.21. The van der Waals surface area contributed by atoms with Crippen LogP contribution >= 0.6 is 15.9 Å². The smallest absolute Gasteiger partial charge is 0.332 e. The molecule has 2 amide bonds. The fourth-order valence-corrected chi connectivity index (χ4v) is 1.38. The molecule has 7 heteroatoms. The zero-order chi connectivity index (χ0) is 11.4. The number of nitrogens with one attached hydrogen (secondary N) is 1. The average molecular weight is 276 g/mol. The molecule has 15 heavy (non-hydrogen) atoms. The van der Waals surface area contributed by atoms with Gasteiger partial charge in [0.05, 0.1) is 11.8 Å². The zero-order valence-electron chi connectivity index (χ0n) is 7.37. The molecule has 0 spiro atoms. The fourth-order valence-electron chi connectivity index (χ4n) is 0.859. The maximum absolute atomic E-state index is 12.7. The first kappa shape index (κ1) is 11.4. The van der Waals surface area contributed by atoms with Gasteiger partial charge in [-0.25, -0.2) is 14.6 Å². The van der Waals surface area contributed by atoms with Gasteiger partial charge in [-0.2, -0.15) is 5.10 Å². The van der Waals surface area contributed by atoms with E-state index >= 15 is 0 Å². The Morgan fingerprint density at radius 2 is 2.33 bits per heavy atom. The monoisotopic (exact) mass is 275 g/mol. The second kappa shape index (κ2) is 4.74. The Balaban J connectivity index is 2.94. The van der Waals surface area contributed by atoms with E-state index < -0.39 is 11.8 Å². The predicted octanol–water partition coefficient (Wildman–Crippen LogP) is 1.30. The van der Waals surface area contributed by atoms with E-state index in [4.69, 9.17) is 5.73 Å². The number of carbonyl (C=O) groups is 1. The van der Waals surface area contributed by atoms with Crippen LogP contribution in [0.2, 0.25) is 0 Å². The van der Waals surface area contributed by atoms with E-state index in [0.717, 1.165) is 18.3 Å². The summed E-state index contributed by atoms with van der Waals surface area (Å²) in [5.74, 6) is -0.878. The number of amides is 2. The van der Waals surface area contributed by atoms with Crippen LogP contribution in [0.4, 0.5) is 9.18 Å². The lowest BCUT2D eigenvalue weighted by Gasteiger charge is -2.01. The first-order valence-corrected chi connectivity index (χ1v) is 4.56. The number of hydrogen-bond acceptors (Lipinski definition) is 3. The number of nitrogens with zero attached hydrogens (tertiary/aromatic N) is 1. The molecule has 0 aliphatic rings. The molecular formula is C8H7BrFN3O2. The van der Waals surface area contributed by atoms with Crippen molar-refractivity contribution in [2.24, 2.45) is 10.8 Å². The van der Waals surface area contributed by atoms with E-state index in [1.807, 2.05) is 5.43 Å². The topological polar surface area (TPSA) is 87.7 Å². The standard InChI is InChI=1S/C8H7BrFN3O2/c9-6-1-4(10)2-7(14)5(6)3-12-13-8(11)15/h1-3,14H,(H3,11,13,15). The molecule has 0 aromatic heterocycles. The summed E-state index contributed by atoms with van der Waals surface area (Å²) in [7, 11) is 0. The molecule has 1 rings (SSSR count). The van der Waals surface area contributed by atoms with Crippen LogP contribution in [0.5, 0.6) is 5.75 Å². The fraction of sp³-hybridized carbons (Fsp3) is 0. The molecule has 0 heterocycles. The van der Waals surface area contributed by atoms with Crippen molar-refractivity contribution >= 4 is 28.2 Å². The Morgan fingerprint density at radius 3 is 2.87 bits per heavy atom. The van der Waals surface area contributed by atoms with E-state index in [9.17, 15) is 14.3 Å². The van der Waals surface area contributed by atoms with Crippen LogP contribution in [0.3, 0.4) is 0 Å². The number of rotatable bonds is 2. The van der Waals surface area contributed by atoms with Gasteiger partial charge in [0.15, 0.2) is 0 Å². The molecule has 0 saturated carbocycles. The number of aromatic hydroxyl groups is 1. The van der Waals surface area contributed by atoms with Crippen molar-refractivity contribution in [2.75, 3.05) is 0 Å². The average Bonchev–Trinajstić information content (AvgIpc) is 2.08. The number of urea groups is 1. The van der Waals surface area contributed by atoms with Crippen LogP contribution in [0.1, 0.15) is 5.56 Å². The zero-order valence-corrected chi connectivity index (χ0v) is 8.95. The lowest BCUT2D eigenvalue weighted by molar-refractivity contribution is 0.249. The Hall–Kier alpha value is -1.63. The molecule has 0 atom stereocenters. The number of phenols is 1. The van der Waals surface area contributed by atoms with Gasteiger partial charge in [0.1, 0.15) is 11.6 Å². The summed E-state index contributed by atoms with van der Waals surface area (Å²) in [6.07, 6.45) is 1.14. The summed E-state index contributed by atoms with van der Waals surface area (Å²) in [4.78, 5) is 10.3. The van der Waals surface area contributed by atoms with Crippen LogP contribution in [0.25, 0.3) is 0 Å². The highest BCUT2D eigenvalue weighted by Gasteiger charge is 2.06. The highest BCUT2D eigenvalue weighted by Crippen LogP contribution is 2.25. The first-order valence-electron chi connectivity index (χ1n) is 3.77. The van der Waals surface area contributed by atoms with Gasteiger partial charge >= 0.3 is 6.03 Å². The normalized spacial score (nSPS) is 10.5. The largest absolute Gasteiger partial charge is 0.507 e. The third-order valence-electron chi connectivity index (χ3n) is 1.44. The number of benzene rings is 1. The molecule has 0 bridgehead atoms. The van der Waals surface area contributed by atoms with Gasteiger partial charge in [-0.3, -0.25) is 0 Å². The Morgan fingerprint density at radius 1 is 1.67 bits per heavy atom. The molecule has 1 aromatic carbocycles. The van der Waals surface area contributed by atoms with Crippen molar-refractivity contribution in [1.29, 1.82) is 0 Å².